The van der Waals surface area contributed by atoms with Crippen molar-refractivity contribution >= 4 is 11.7 Å². The molecule has 2 rings (SSSR count). The second kappa shape index (κ2) is 4.99. The average molecular weight is 234 g/mol. The number of rotatable bonds is 2. The maximum absolute atomic E-state index is 13.4. The highest BCUT2D eigenvalue weighted by molar-refractivity contribution is 5.90. The van der Waals surface area contributed by atoms with E-state index in [1.165, 1.54) is 6.07 Å². The minimum absolute atomic E-state index is 0.113. The number of hydrogen-bond donors (Lipinski definition) is 1. The molecule has 1 aromatic rings. The van der Waals surface area contributed by atoms with Crippen molar-refractivity contribution < 1.29 is 9.18 Å². The maximum atomic E-state index is 13.4. The Morgan fingerprint density at radius 2 is 2.29 bits per heavy atom. The Morgan fingerprint density at radius 3 is 3.00 bits per heavy atom. The molecule has 1 N–H and O–H groups in total. The van der Waals surface area contributed by atoms with Crippen LogP contribution in [-0.2, 0) is 0 Å². The molecule has 90 valence electrons. The molecular formula is C13H15FN2O. The lowest BCUT2D eigenvalue weighted by molar-refractivity contribution is 0.209. The van der Waals surface area contributed by atoms with Gasteiger partial charge in [0.15, 0.2) is 0 Å². The predicted molar refractivity (Wildman–Crippen MR) is 65.3 cm³/mol. The molecule has 0 radical (unpaired) electrons. The minimum Gasteiger partial charge on any atom is -0.314 e. The molecular weight excluding hydrogens is 219 g/mol. The summed E-state index contributed by atoms with van der Waals surface area (Å²) in [5, 5.41) is 2.59. The summed E-state index contributed by atoms with van der Waals surface area (Å²) in [7, 11) is 0. The van der Waals surface area contributed by atoms with Crippen molar-refractivity contribution in [2.75, 3.05) is 11.9 Å². The van der Waals surface area contributed by atoms with E-state index in [4.69, 9.17) is 0 Å². The van der Waals surface area contributed by atoms with Gasteiger partial charge in [0.2, 0.25) is 0 Å². The van der Waals surface area contributed by atoms with E-state index < -0.39 is 5.82 Å². The van der Waals surface area contributed by atoms with Gasteiger partial charge in [0.1, 0.15) is 5.82 Å². The number of hydrogen-bond acceptors (Lipinski definition) is 1. The summed E-state index contributed by atoms with van der Waals surface area (Å²) in [6.45, 7) is 2.60. The molecule has 1 aliphatic heterocycles. The molecule has 0 bridgehead atoms. The molecule has 1 atom stereocenters. The summed E-state index contributed by atoms with van der Waals surface area (Å²) in [5.41, 5.74) is 0.222. The van der Waals surface area contributed by atoms with Gasteiger partial charge in [-0.1, -0.05) is 31.2 Å². The largest absolute Gasteiger partial charge is 0.322 e. The molecule has 1 aromatic carbocycles. The number of carbonyl (C=O) groups excluding carboxylic acids is 1. The Balaban J connectivity index is 2.05. The van der Waals surface area contributed by atoms with Gasteiger partial charge >= 0.3 is 6.03 Å². The van der Waals surface area contributed by atoms with Gasteiger partial charge in [0, 0.05) is 6.54 Å². The normalized spacial score (nSPS) is 18.5. The van der Waals surface area contributed by atoms with Crippen molar-refractivity contribution in [2.24, 2.45) is 0 Å². The first-order chi connectivity index (χ1) is 8.22. The smallest absolute Gasteiger partial charge is 0.314 e. The van der Waals surface area contributed by atoms with Crippen LogP contribution >= 0.6 is 0 Å². The first-order valence-electron chi connectivity index (χ1n) is 5.71. The van der Waals surface area contributed by atoms with Crippen molar-refractivity contribution in [1.29, 1.82) is 0 Å². The van der Waals surface area contributed by atoms with Crippen LogP contribution < -0.4 is 5.32 Å². The molecule has 1 aliphatic rings. The first kappa shape index (κ1) is 11.6. The quantitative estimate of drug-likeness (QED) is 0.784. The summed E-state index contributed by atoms with van der Waals surface area (Å²) >= 11 is 0. The molecule has 2 amide bonds. The fourth-order valence-electron chi connectivity index (χ4n) is 1.91. The fourth-order valence-corrected chi connectivity index (χ4v) is 1.91. The van der Waals surface area contributed by atoms with Crippen molar-refractivity contribution in [2.45, 2.75) is 19.4 Å². The molecule has 0 unspecified atom stereocenters. The molecule has 3 nitrogen and oxygen atoms in total. The van der Waals surface area contributed by atoms with Crippen LogP contribution in [0.1, 0.15) is 13.3 Å². The fraction of sp³-hybridized carbons (Fsp3) is 0.308. The Kier molecular flexibility index (Phi) is 3.42. The standard InChI is InChI=1S/C13H15FN2O/c1-2-10-6-5-9-16(10)13(17)15-12-8-4-3-7-11(12)14/h3-8,10H,2,9H2,1H3,(H,15,17)/t10-/m1/s1. The number of benzene rings is 1. The lowest BCUT2D eigenvalue weighted by Gasteiger charge is -2.23. The van der Waals surface area contributed by atoms with E-state index in [0.29, 0.717) is 6.54 Å². The number of amides is 2. The second-order valence-corrected chi connectivity index (χ2v) is 3.97. The lowest BCUT2D eigenvalue weighted by atomic mass is 10.2. The summed E-state index contributed by atoms with van der Waals surface area (Å²) in [6, 6.07) is 6.02. The van der Waals surface area contributed by atoms with E-state index >= 15 is 0 Å². The van der Waals surface area contributed by atoms with Crippen LogP contribution in [0.3, 0.4) is 0 Å². The molecule has 1 heterocycles. The number of para-hydroxylation sites is 1. The van der Waals surface area contributed by atoms with E-state index in [2.05, 4.69) is 5.32 Å². The molecule has 0 aromatic heterocycles. The molecule has 17 heavy (non-hydrogen) atoms. The van der Waals surface area contributed by atoms with Gasteiger partial charge in [-0.3, -0.25) is 0 Å². The van der Waals surface area contributed by atoms with Crippen LogP contribution in [0.2, 0.25) is 0 Å². The van der Waals surface area contributed by atoms with Crippen LogP contribution in [0.5, 0.6) is 0 Å². The minimum atomic E-state index is -0.416. The van der Waals surface area contributed by atoms with Crippen LogP contribution in [-0.4, -0.2) is 23.5 Å². The van der Waals surface area contributed by atoms with E-state index in [-0.39, 0.29) is 17.8 Å². The zero-order valence-corrected chi connectivity index (χ0v) is 9.69. The van der Waals surface area contributed by atoms with Gasteiger partial charge in [0.05, 0.1) is 11.7 Å². The number of carbonyl (C=O) groups is 1. The third-order valence-corrected chi connectivity index (χ3v) is 2.86. The van der Waals surface area contributed by atoms with Crippen molar-refractivity contribution in [3.63, 3.8) is 0 Å². The van der Waals surface area contributed by atoms with Crippen LogP contribution in [0.25, 0.3) is 0 Å². The van der Waals surface area contributed by atoms with E-state index in [0.717, 1.165) is 6.42 Å². The Bertz CT molecular complexity index is 445. The average Bonchev–Trinajstić information content (AvgIpc) is 2.80. The summed E-state index contributed by atoms with van der Waals surface area (Å²) in [4.78, 5) is 13.6. The molecule has 0 saturated carbocycles. The number of urea groups is 1. The SMILES string of the molecule is CC[C@@H]1C=CCN1C(=O)Nc1ccccc1F. The third-order valence-electron chi connectivity index (χ3n) is 2.86. The Hall–Kier alpha value is -1.84. The molecule has 0 fully saturated rings. The Labute approximate surface area is 99.9 Å². The molecule has 0 spiro atoms. The third kappa shape index (κ3) is 2.46. The van der Waals surface area contributed by atoms with Crippen molar-refractivity contribution in [1.82, 2.24) is 4.90 Å². The zero-order chi connectivity index (χ0) is 12.3. The van der Waals surface area contributed by atoms with E-state index in [9.17, 15) is 9.18 Å². The summed E-state index contributed by atoms with van der Waals surface area (Å²) in [6.07, 6.45) is 4.82. The number of anilines is 1. The summed E-state index contributed by atoms with van der Waals surface area (Å²) in [5.74, 6) is -0.416. The second-order valence-electron chi connectivity index (χ2n) is 3.97. The molecule has 0 aliphatic carbocycles. The summed E-state index contributed by atoms with van der Waals surface area (Å²) < 4.78 is 13.4. The topological polar surface area (TPSA) is 32.3 Å². The number of halogens is 1. The predicted octanol–water partition coefficient (Wildman–Crippen LogP) is 3.01. The van der Waals surface area contributed by atoms with Gasteiger partial charge in [-0.05, 0) is 18.6 Å². The highest BCUT2D eigenvalue weighted by atomic mass is 19.1. The first-order valence-corrected chi connectivity index (χ1v) is 5.71. The van der Waals surface area contributed by atoms with Crippen LogP contribution in [0, 0.1) is 5.82 Å². The van der Waals surface area contributed by atoms with Crippen molar-refractivity contribution in [3.05, 3.63) is 42.2 Å². The van der Waals surface area contributed by atoms with Crippen LogP contribution in [0.15, 0.2) is 36.4 Å². The van der Waals surface area contributed by atoms with Crippen molar-refractivity contribution in [3.8, 4) is 0 Å². The number of nitrogens with one attached hydrogen (secondary N) is 1. The van der Waals surface area contributed by atoms with E-state index in [1.54, 1.807) is 23.1 Å². The van der Waals surface area contributed by atoms with Gasteiger partial charge in [-0.25, -0.2) is 9.18 Å². The molecule has 4 heteroatoms. The van der Waals surface area contributed by atoms with Gasteiger partial charge in [-0.2, -0.15) is 0 Å². The van der Waals surface area contributed by atoms with Gasteiger partial charge in [-0.15, -0.1) is 0 Å². The zero-order valence-electron chi connectivity index (χ0n) is 9.69. The lowest BCUT2D eigenvalue weighted by Crippen LogP contribution is -2.39. The Morgan fingerprint density at radius 1 is 1.53 bits per heavy atom. The molecule has 0 saturated heterocycles. The highest BCUT2D eigenvalue weighted by Crippen LogP contribution is 2.17. The van der Waals surface area contributed by atoms with Gasteiger partial charge in [0.25, 0.3) is 0 Å². The highest BCUT2D eigenvalue weighted by Gasteiger charge is 2.23. The van der Waals surface area contributed by atoms with Crippen LogP contribution in [0.4, 0.5) is 14.9 Å². The number of nitrogens with zero attached hydrogens (tertiary/aromatic N) is 1. The van der Waals surface area contributed by atoms with Gasteiger partial charge < -0.3 is 10.2 Å². The maximum Gasteiger partial charge on any atom is 0.322 e. The monoisotopic (exact) mass is 234 g/mol. The van der Waals surface area contributed by atoms with E-state index in [1.807, 2.05) is 19.1 Å².